The molecule has 0 saturated carbocycles. The molecule has 3 N–H and O–H groups in total. The third-order valence-electron chi connectivity index (χ3n) is 2.88. The molecule has 0 fully saturated rings. The topological polar surface area (TPSA) is 89.3 Å². The number of nitrogens with one attached hydrogen (secondary N) is 1. The molecule has 0 unspecified atom stereocenters. The molecule has 2 rings (SSSR count). The quantitative estimate of drug-likeness (QED) is 0.893. The third kappa shape index (κ3) is 3.86. The Bertz CT molecular complexity index is 805. The van der Waals surface area contributed by atoms with Gasteiger partial charge in [-0.25, -0.2) is 22.3 Å². The van der Waals surface area contributed by atoms with E-state index in [1.807, 2.05) is 0 Å². The number of carbonyl (C=O) groups is 1. The Morgan fingerprint density at radius 2 is 1.73 bits per heavy atom. The van der Waals surface area contributed by atoms with Gasteiger partial charge in [0.1, 0.15) is 11.6 Å². The summed E-state index contributed by atoms with van der Waals surface area (Å²) in [4.78, 5) is 11.7. The third-order valence-corrected chi connectivity index (χ3v) is 3.81. The van der Waals surface area contributed by atoms with Gasteiger partial charge in [-0.2, -0.15) is 0 Å². The van der Waals surface area contributed by atoms with Gasteiger partial charge in [-0.15, -0.1) is 0 Å². The fourth-order valence-corrected chi connectivity index (χ4v) is 2.26. The lowest BCUT2D eigenvalue weighted by Crippen LogP contribution is -2.24. The van der Waals surface area contributed by atoms with Gasteiger partial charge in [0.15, 0.2) is 0 Å². The van der Waals surface area contributed by atoms with Crippen molar-refractivity contribution in [1.29, 1.82) is 0 Å². The zero-order valence-corrected chi connectivity index (χ0v) is 12.0. The van der Waals surface area contributed by atoms with E-state index in [1.54, 1.807) is 0 Å². The van der Waals surface area contributed by atoms with Gasteiger partial charge >= 0.3 is 0 Å². The minimum absolute atomic E-state index is 0.0489. The van der Waals surface area contributed by atoms with Crippen LogP contribution in [-0.2, 0) is 16.6 Å². The van der Waals surface area contributed by atoms with Gasteiger partial charge in [0.25, 0.3) is 5.91 Å². The second-order valence-electron chi connectivity index (χ2n) is 4.50. The second kappa shape index (κ2) is 6.20. The molecule has 116 valence electrons. The number of rotatable bonds is 4. The van der Waals surface area contributed by atoms with Crippen LogP contribution in [0, 0.1) is 11.6 Å². The fraction of sp³-hybridized carbons (Fsp3) is 0.0714. The Morgan fingerprint density at radius 1 is 1.09 bits per heavy atom. The second-order valence-corrected chi connectivity index (χ2v) is 6.06. The highest BCUT2D eigenvalue weighted by Crippen LogP contribution is 2.11. The van der Waals surface area contributed by atoms with E-state index >= 15 is 0 Å². The van der Waals surface area contributed by atoms with Crippen LogP contribution in [0.25, 0.3) is 0 Å². The molecule has 0 saturated heterocycles. The first-order chi connectivity index (χ1) is 10.3. The summed E-state index contributed by atoms with van der Waals surface area (Å²) in [7, 11) is -3.78. The van der Waals surface area contributed by atoms with Gasteiger partial charge in [0.2, 0.25) is 10.0 Å². The predicted molar refractivity (Wildman–Crippen MR) is 75.3 cm³/mol. The summed E-state index contributed by atoms with van der Waals surface area (Å²) in [5.41, 5.74) is 0.325. The van der Waals surface area contributed by atoms with Crippen molar-refractivity contribution in [2.24, 2.45) is 5.14 Å². The van der Waals surface area contributed by atoms with E-state index < -0.39 is 27.6 Å². The number of hydrogen-bond donors (Lipinski definition) is 2. The average Bonchev–Trinajstić information content (AvgIpc) is 2.44. The van der Waals surface area contributed by atoms with Crippen molar-refractivity contribution in [3.63, 3.8) is 0 Å². The van der Waals surface area contributed by atoms with Crippen LogP contribution in [0.5, 0.6) is 0 Å². The van der Waals surface area contributed by atoms with Gasteiger partial charge in [-0.1, -0.05) is 12.1 Å². The average molecular weight is 326 g/mol. The number of amides is 1. The highest BCUT2D eigenvalue weighted by atomic mass is 32.2. The molecular weight excluding hydrogens is 314 g/mol. The van der Waals surface area contributed by atoms with Crippen molar-refractivity contribution in [2.75, 3.05) is 0 Å². The molecule has 0 aromatic heterocycles. The highest BCUT2D eigenvalue weighted by Gasteiger charge is 2.12. The van der Waals surface area contributed by atoms with E-state index in [4.69, 9.17) is 5.14 Å². The lowest BCUT2D eigenvalue weighted by molar-refractivity contribution is 0.0946. The minimum atomic E-state index is -3.78. The first-order valence-corrected chi connectivity index (χ1v) is 7.67. The normalized spacial score (nSPS) is 11.2. The van der Waals surface area contributed by atoms with Crippen molar-refractivity contribution < 1.29 is 22.0 Å². The summed E-state index contributed by atoms with van der Waals surface area (Å²) in [5.74, 6) is -2.43. The zero-order chi connectivity index (χ0) is 16.3. The SMILES string of the molecule is NS(=O)(=O)c1ccc(CNC(=O)c2ccc(F)cc2F)cc1. The molecule has 0 spiro atoms. The smallest absolute Gasteiger partial charge is 0.254 e. The van der Waals surface area contributed by atoms with Gasteiger partial charge in [-0.05, 0) is 29.8 Å². The molecular formula is C14H12F2N2O3S. The molecule has 0 heterocycles. The number of primary sulfonamides is 1. The molecule has 5 nitrogen and oxygen atoms in total. The molecule has 0 aliphatic rings. The summed E-state index contributed by atoms with van der Waals surface area (Å²) >= 11 is 0. The molecule has 22 heavy (non-hydrogen) atoms. The molecule has 0 atom stereocenters. The van der Waals surface area contributed by atoms with E-state index in [-0.39, 0.29) is 17.0 Å². The fourth-order valence-electron chi connectivity index (χ4n) is 1.75. The Morgan fingerprint density at radius 3 is 2.27 bits per heavy atom. The first-order valence-electron chi connectivity index (χ1n) is 6.12. The molecule has 0 radical (unpaired) electrons. The van der Waals surface area contributed by atoms with Crippen LogP contribution in [0.3, 0.4) is 0 Å². The Hall–Kier alpha value is -2.32. The van der Waals surface area contributed by atoms with Crippen molar-refractivity contribution in [2.45, 2.75) is 11.4 Å². The van der Waals surface area contributed by atoms with Crippen LogP contribution < -0.4 is 10.5 Å². The maximum absolute atomic E-state index is 13.4. The van der Waals surface area contributed by atoms with Crippen molar-refractivity contribution >= 4 is 15.9 Å². The zero-order valence-electron chi connectivity index (χ0n) is 11.2. The molecule has 0 aliphatic heterocycles. The number of sulfonamides is 1. The maximum Gasteiger partial charge on any atom is 0.254 e. The van der Waals surface area contributed by atoms with Crippen LogP contribution in [0.2, 0.25) is 0 Å². The Balaban J connectivity index is 2.05. The minimum Gasteiger partial charge on any atom is -0.348 e. The van der Waals surface area contributed by atoms with Gasteiger partial charge in [0, 0.05) is 12.6 Å². The van der Waals surface area contributed by atoms with Crippen LogP contribution in [0.1, 0.15) is 15.9 Å². The number of halogens is 2. The summed E-state index contributed by atoms with van der Waals surface area (Å²) in [6, 6.07) is 8.20. The standard InChI is InChI=1S/C14H12F2N2O3S/c15-10-3-6-12(13(16)7-10)14(19)18-8-9-1-4-11(5-2-9)22(17,20)21/h1-7H,8H2,(H,18,19)(H2,17,20,21). The van der Waals surface area contributed by atoms with Crippen LogP contribution in [0.4, 0.5) is 8.78 Å². The van der Waals surface area contributed by atoms with Crippen LogP contribution in [-0.4, -0.2) is 14.3 Å². The highest BCUT2D eigenvalue weighted by molar-refractivity contribution is 7.89. The number of nitrogens with two attached hydrogens (primary N) is 1. The summed E-state index contributed by atoms with van der Waals surface area (Å²) in [5, 5.41) is 7.42. The van der Waals surface area contributed by atoms with Crippen molar-refractivity contribution in [3.8, 4) is 0 Å². The van der Waals surface area contributed by atoms with E-state index in [0.717, 1.165) is 12.1 Å². The van der Waals surface area contributed by atoms with Gasteiger partial charge in [0.05, 0.1) is 10.5 Å². The van der Waals surface area contributed by atoms with Crippen LogP contribution >= 0.6 is 0 Å². The first kappa shape index (κ1) is 16.1. The van der Waals surface area contributed by atoms with E-state index in [1.165, 1.54) is 24.3 Å². The number of benzene rings is 2. The van der Waals surface area contributed by atoms with E-state index in [0.29, 0.717) is 11.6 Å². The Kier molecular flexibility index (Phi) is 4.53. The predicted octanol–water partition coefficient (Wildman–Crippen LogP) is 1.54. The monoisotopic (exact) mass is 326 g/mol. The lowest BCUT2D eigenvalue weighted by Gasteiger charge is -2.07. The summed E-state index contributed by atoms with van der Waals surface area (Å²) in [6.45, 7) is 0.0561. The molecule has 1 amide bonds. The van der Waals surface area contributed by atoms with Gasteiger partial charge in [-0.3, -0.25) is 4.79 Å². The van der Waals surface area contributed by atoms with Crippen molar-refractivity contribution in [3.05, 3.63) is 65.2 Å². The molecule has 0 bridgehead atoms. The lowest BCUT2D eigenvalue weighted by atomic mass is 10.2. The Labute approximate surface area is 125 Å². The van der Waals surface area contributed by atoms with E-state index in [9.17, 15) is 22.0 Å². The largest absolute Gasteiger partial charge is 0.348 e. The van der Waals surface area contributed by atoms with Gasteiger partial charge < -0.3 is 5.32 Å². The maximum atomic E-state index is 13.4. The van der Waals surface area contributed by atoms with Crippen LogP contribution in [0.15, 0.2) is 47.4 Å². The molecule has 0 aliphatic carbocycles. The summed E-state index contributed by atoms with van der Waals surface area (Å²) in [6.07, 6.45) is 0. The molecule has 2 aromatic rings. The van der Waals surface area contributed by atoms with Crippen molar-refractivity contribution in [1.82, 2.24) is 5.32 Å². The summed E-state index contributed by atoms with van der Waals surface area (Å²) < 4.78 is 48.4. The number of hydrogen-bond acceptors (Lipinski definition) is 3. The number of carbonyl (C=O) groups excluding carboxylic acids is 1. The molecule has 2 aromatic carbocycles. The van der Waals surface area contributed by atoms with E-state index in [2.05, 4.69) is 5.32 Å². The molecule has 8 heteroatoms.